The van der Waals surface area contributed by atoms with Crippen LogP contribution in [0.3, 0.4) is 0 Å². The number of thioether (sulfide) groups is 1. The maximum Gasteiger partial charge on any atom is 0.263 e. The Bertz CT molecular complexity index is 1290. The number of aryl methyl sites for hydroxylation is 2. The van der Waals surface area contributed by atoms with Crippen molar-refractivity contribution < 1.29 is 14.3 Å². The first kappa shape index (κ1) is 23.1. The molecule has 0 atom stereocenters. The van der Waals surface area contributed by atoms with Gasteiger partial charge in [0.25, 0.3) is 11.5 Å². The highest BCUT2D eigenvalue weighted by Crippen LogP contribution is 2.37. The highest BCUT2D eigenvalue weighted by molar-refractivity contribution is 7.99. The number of thiophene rings is 1. The number of benzene rings is 1. The Hall–Kier alpha value is -2.65. The molecule has 9 heteroatoms. The van der Waals surface area contributed by atoms with Crippen LogP contribution in [0.4, 0.5) is 0 Å². The molecule has 0 spiro atoms. The van der Waals surface area contributed by atoms with E-state index in [1.54, 1.807) is 42.7 Å². The number of carbonyl (C=O) groups excluding carboxylic acids is 2. The first-order chi connectivity index (χ1) is 16.5. The van der Waals surface area contributed by atoms with Gasteiger partial charge in [0.05, 0.1) is 18.2 Å². The number of methoxy groups -OCH3 is 1. The molecule has 2 amide bonds. The van der Waals surface area contributed by atoms with Gasteiger partial charge in [-0.1, -0.05) is 24.6 Å². The minimum Gasteiger partial charge on any atom is -0.497 e. The summed E-state index contributed by atoms with van der Waals surface area (Å²) < 4.78 is 6.94. The van der Waals surface area contributed by atoms with Crippen molar-refractivity contribution in [3.8, 4) is 5.75 Å². The van der Waals surface area contributed by atoms with Crippen molar-refractivity contribution in [2.24, 2.45) is 0 Å². The quantitative estimate of drug-likeness (QED) is 0.398. The monoisotopic (exact) mass is 497 g/mol. The number of aromatic nitrogens is 2. The number of fused-ring (bicyclic) bond motifs is 3. The molecule has 0 aliphatic heterocycles. The van der Waals surface area contributed by atoms with Crippen molar-refractivity contribution in [1.29, 1.82) is 0 Å². The van der Waals surface area contributed by atoms with Gasteiger partial charge in [-0.05, 0) is 68.4 Å². The van der Waals surface area contributed by atoms with Crippen LogP contribution in [-0.2, 0) is 17.6 Å². The van der Waals surface area contributed by atoms with Crippen LogP contribution in [0.25, 0.3) is 10.2 Å². The van der Waals surface area contributed by atoms with Crippen LogP contribution in [-0.4, -0.2) is 34.2 Å². The van der Waals surface area contributed by atoms with Gasteiger partial charge >= 0.3 is 0 Å². The van der Waals surface area contributed by atoms with Crippen LogP contribution in [0, 0.1) is 0 Å². The minimum absolute atomic E-state index is 0.0116. The molecule has 2 aromatic heterocycles. The van der Waals surface area contributed by atoms with Crippen LogP contribution in [0.15, 0.2) is 34.2 Å². The average molecular weight is 498 g/mol. The Labute approximate surface area is 205 Å². The van der Waals surface area contributed by atoms with Gasteiger partial charge in [0.2, 0.25) is 5.91 Å². The highest BCUT2D eigenvalue weighted by Gasteiger charge is 2.27. The predicted molar refractivity (Wildman–Crippen MR) is 134 cm³/mol. The fourth-order valence-electron chi connectivity index (χ4n) is 4.89. The van der Waals surface area contributed by atoms with Crippen LogP contribution in [0.2, 0.25) is 0 Å². The zero-order chi connectivity index (χ0) is 23.7. The Balaban J connectivity index is 1.38. The molecule has 0 saturated heterocycles. The molecule has 0 bridgehead atoms. The summed E-state index contributed by atoms with van der Waals surface area (Å²) in [5.74, 6) is -0.225. The van der Waals surface area contributed by atoms with Gasteiger partial charge in [-0.15, -0.1) is 11.3 Å². The molecule has 1 fully saturated rings. The standard InChI is InChI=1S/C25H27N3O4S2/c1-32-17-12-10-15(11-13-17)22(30)26-20(29)14-33-25-27-23-21(18-8-4-5-9-19(18)34-23)24(31)28(25)16-6-2-3-7-16/h10-13,16H,2-9,14H2,1H3,(H,26,29,30). The van der Waals surface area contributed by atoms with Crippen molar-refractivity contribution >= 4 is 45.1 Å². The number of nitrogens with one attached hydrogen (secondary N) is 1. The number of hydrogen-bond acceptors (Lipinski definition) is 7. The zero-order valence-corrected chi connectivity index (χ0v) is 20.7. The first-order valence-electron chi connectivity index (χ1n) is 11.7. The molecule has 2 heterocycles. The first-order valence-corrected chi connectivity index (χ1v) is 13.5. The molecule has 0 radical (unpaired) electrons. The molecule has 34 heavy (non-hydrogen) atoms. The summed E-state index contributed by atoms with van der Waals surface area (Å²) in [6, 6.07) is 6.69. The van der Waals surface area contributed by atoms with Gasteiger partial charge in [-0.25, -0.2) is 4.98 Å². The normalized spacial score (nSPS) is 15.9. The number of hydrogen-bond donors (Lipinski definition) is 1. The summed E-state index contributed by atoms with van der Waals surface area (Å²) in [5.41, 5.74) is 1.61. The lowest BCUT2D eigenvalue weighted by atomic mass is 9.97. The maximum absolute atomic E-state index is 13.7. The van der Waals surface area contributed by atoms with E-state index in [-0.39, 0.29) is 17.4 Å². The smallest absolute Gasteiger partial charge is 0.263 e. The minimum atomic E-state index is -0.462. The fraction of sp³-hybridized carbons (Fsp3) is 0.440. The van der Waals surface area contributed by atoms with Gasteiger partial charge in [0.1, 0.15) is 10.6 Å². The van der Waals surface area contributed by atoms with E-state index in [0.717, 1.165) is 61.6 Å². The Morgan fingerprint density at radius 2 is 1.88 bits per heavy atom. The second-order valence-corrected chi connectivity index (χ2v) is 10.8. The maximum atomic E-state index is 13.7. The summed E-state index contributed by atoms with van der Waals surface area (Å²) in [5, 5.41) is 3.80. The zero-order valence-electron chi connectivity index (χ0n) is 19.1. The third-order valence-corrected chi connectivity index (χ3v) is 8.75. The lowest BCUT2D eigenvalue weighted by Gasteiger charge is -2.18. The Kier molecular flexibility index (Phi) is 6.74. The van der Waals surface area contributed by atoms with Gasteiger partial charge in [0.15, 0.2) is 5.16 Å². The lowest BCUT2D eigenvalue weighted by Crippen LogP contribution is -2.32. The van der Waals surface area contributed by atoms with Crippen LogP contribution in [0.1, 0.15) is 65.4 Å². The molecule has 0 unspecified atom stereocenters. The summed E-state index contributed by atoms with van der Waals surface area (Å²) >= 11 is 2.86. The van der Waals surface area contributed by atoms with E-state index >= 15 is 0 Å². The molecule has 5 rings (SSSR count). The van der Waals surface area contributed by atoms with E-state index in [9.17, 15) is 14.4 Å². The number of rotatable bonds is 6. The molecule has 7 nitrogen and oxygen atoms in total. The second-order valence-electron chi connectivity index (χ2n) is 8.79. The topological polar surface area (TPSA) is 90.3 Å². The third kappa shape index (κ3) is 4.51. The molecule has 3 aromatic rings. The molecule has 1 N–H and O–H groups in total. The van der Waals surface area contributed by atoms with Crippen LogP contribution >= 0.6 is 23.1 Å². The molecule has 1 saturated carbocycles. The summed E-state index contributed by atoms with van der Waals surface area (Å²) in [7, 11) is 1.55. The van der Waals surface area contributed by atoms with Crippen molar-refractivity contribution in [3.63, 3.8) is 0 Å². The van der Waals surface area contributed by atoms with Gasteiger partial charge in [-0.2, -0.15) is 0 Å². The van der Waals surface area contributed by atoms with E-state index in [1.807, 2.05) is 4.57 Å². The number of amides is 2. The van der Waals surface area contributed by atoms with Crippen molar-refractivity contribution in [3.05, 3.63) is 50.6 Å². The second kappa shape index (κ2) is 9.92. The van der Waals surface area contributed by atoms with E-state index in [1.165, 1.54) is 22.2 Å². The molecule has 1 aromatic carbocycles. The largest absolute Gasteiger partial charge is 0.497 e. The molecule has 178 valence electrons. The number of imide groups is 1. The van der Waals surface area contributed by atoms with Crippen molar-refractivity contribution in [2.75, 3.05) is 12.9 Å². The van der Waals surface area contributed by atoms with Gasteiger partial charge in [0, 0.05) is 16.5 Å². The number of carbonyl (C=O) groups is 2. The Morgan fingerprint density at radius 3 is 2.62 bits per heavy atom. The Morgan fingerprint density at radius 1 is 1.15 bits per heavy atom. The summed E-state index contributed by atoms with van der Waals surface area (Å²) in [6.07, 6.45) is 8.32. The van der Waals surface area contributed by atoms with Gasteiger partial charge in [-0.3, -0.25) is 24.3 Å². The summed E-state index contributed by atoms with van der Waals surface area (Å²) in [6.45, 7) is 0. The highest BCUT2D eigenvalue weighted by atomic mass is 32.2. The number of nitrogens with zero attached hydrogens (tertiary/aromatic N) is 2. The lowest BCUT2D eigenvalue weighted by molar-refractivity contribution is -0.117. The van der Waals surface area contributed by atoms with Gasteiger partial charge < -0.3 is 4.74 Å². The predicted octanol–water partition coefficient (Wildman–Crippen LogP) is 4.51. The molecule has 2 aliphatic rings. The molecular formula is C25H27N3O4S2. The SMILES string of the molecule is COc1ccc(C(=O)NC(=O)CSc2nc3sc4c(c3c(=O)n2C2CCCC2)CCCC4)cc1. The molecule has 2 aliphatic carbocycles. The average Bonchev–Trinajstić information content (AvgIpc) is 3.50. The van der Waals surface area contributed by atoms with Crippen molar-refractivity contribution in [2.45, 2.75) is 62.6 Å². The van der Waals surface area contributed by atoms with E-state index in [0.29, 0.717) is 16.5 Å². The van der Waals surface area contributed by atoms with E-state index in [2.05, 4.69) is 5.32 Å². The summed E-state index contributed by atoms with van der Waals surface area (Å²) in [4.78, 5) is 45.6. The van der Waals surface area contributed by atoms with Crippen LogP contribution < -0.4 is 15.6 Å². The van der Waals surface area contributed by atoms with E-state index < -0.39 is 11.8 Å². The van der Waals surface area contributed by atoms with Crippen LogP contribution in [0.5, 0.6) is 5.75 Å². The number of ether oxygens (including phenoxy) is 1. The fourth-order valence-corrected chi connectivity index (χ4v) is 7.06. The third-order valence-electron chi connectivity index (χ3n) is 6.62. The molecular weight excluding hydrogens is 470 g/mol. The van der Waals surface area contributed by atoms with Crippen molar-refractivity contribution in [1.82, 2.24) is 14.9 Å². The van der Waals surface area contributed by atoms with E-state index in [4.69, 9.17) is 9.72 Å².